The normalized spacial score (nSPS) is 14.9. The molecule has 0 radical (unpaired) electrons. The van der Waals surface area contributed by atoms with Crippen molar-refractivity contribution < 1.29 is 17.9 Å². The SMILES string of the molecule is CN(Cc1ccc(-c2ccc(S(C)(=O)=O)cc2)nc1)C1CCN(C(=O)Oc2ccccc2)CC1. The van der Waals surface area contributed by atoms with Crippen molar-refractivity contribution in [2.45, 2.75) is 30.3 Å². The van der Waals surface area contributed by atoms with Crippen LogP contribution in [0.4, 0.5) is 4.79 Å². The zero-order chi connectivity index (χ0) is 24.1. The van der Waals surface area contributed by atoms with Crippen molar-refractivity contribution in [1.29, 1.82) is 0 Å². The quantitative estimate of drug-likeness (QED) is 0.526. The van der Waals surface area contributed by atoms with Gasteiger partial charge >= 0.3 is 6.09 Å². The molecule has 4 rings (SSSR count). The predicted molar refractivity (Wildman–Crippen MR) is 131 cm³/mol. The van der Waals surface area contributed by atoms with E-state index in [1.165, 1.54) is 6.26 Å². The van der Waals surface area contributed by atoms with Gasteiger partial charge in [-0.25, -0.2) is 13.2 Å². The van der Waals surface area contributed by atoms with Crippen LogP contribution in [0.2, 0.25) is 0 Å². The molecule has 0 atom stereocenters. The predicted octanol–water partition coefficient (Wildman–Crippen LogP) is 4.25. The van der Waals surface area contributed by atoms with Crippen molar-refractivity contribution in [2.24, 2.45) is 0 Å². The fourth-order valence-electron chi connectivity index (χ4n) is 4.12. The average Bonchev–Trinajstić information content (AvgIpc) is 2.85. The first-order valence-corrected chi connectivity index (χ1v) is 13.2. The molecule has 0 bridgehead atoms. The number of amides is 1. The van der Waals surface area contributed by atoms with E-state index in [-0.39, 0.29) is 6.09 Å². The molecule has 2 heterocycles. The van der Waals surface area contributed by atoms with Gasteiger partial charge in [-0.15, -0.1) is 0 Å². The van der Waals surface area contributed by atoms with Crippen molar-refractivity contribution in [2.75, 3.05) is 26.4 Å². The first kappa shape index (κ1) is 23.9. The monoisotopic (exact) mass is 479 g/mol. The Morgan fingerprint density at radius 2 is 1.71 bits per heavy atom. The molecule has 7 nitrogen and oxygen atoms in total. The van der Waals surface area contributed by atoms with Gasteiger partial charge in [-0.1, -0.05) is 36.4 Å². The summed E-state index contributed by atoms with van der Waals surface area (Å²) in [5.74, 6) is 0.564. The van der Waals surface area contributed by atoms with Crippen molar-refractivity contribution in [3.8, 4) is 17.0 Å². The number of hydrogen-bond donors (Lipinski definition) is 0. The van der Waals surface area contributed by atoms with Crippen LogP contribution in [0.3, 0.4) is 0 Å². The lowest BCUT2D eigenvalue weighted by molar-refractivity contribution is 0.107. The Bertz CT molecular complexity index is 1210. The molecule has 3 aromatic rings. The molecule has 1 aromatic heterocycles. The third-order valence-corrected chi connectivity index (χ3v) is 7.26. The van der Waals surface area contributed by atoms with Crippen molar-refractivity contribution in [1.82, 2.24) is 14.8 Å². The highest BCUT2D eigenvalue weighted by atomic mass is 32.2. The molecule has 0 N–H and O–H groups in total. The Morgan fingerprint density at radius 1 is 1.03 bits per heavy atom. The zero-order valence-corrected chi connectivity index (χ0v) is 20.2. The van der Waals surface area contributed by atoms with E-state index in [1.807, 2.05) is 30.5 Å². The fourth-order valence-corrected chi connectivity index (χ4v) is 4.75. The number of piperidine rings is 1. The number of carbonyl (C=O) groups is 1. The molecule has 1 aliphatic heterocycles. The van der Waals surface area contributed by atoms with Crippen LogP contribution in [0.5, 0.6) is 5.75 Å². The number of nitrogens with zero attached hydrogens (tertiary/aromatic N) is 3. The van der Waals surface area contributed by atoms with Gasteiger partial charge < -0.3 is 9.64 Å². The molecular formula is C26H29N3O4S. The van der Waals surface area contributed by atoms with E-state index in [1.54, 1.807) is 41.3 Å². The lowest BCUT2D eigenvalue weighted by atomic mass is 10.0. The summed E-state index contributed by atoms with van der Waals surface area (Å²) in [5.41, 5.74) is 2.78. The number of likely N-dealkylation sites (tertiary alicyclic amines) is 1. The number of ether oxygens (including phenoxy) is 1. The Hall–Kier alpha value is -3.23. The van der Waals surface area contributed by atoms with Gasteiger partial charge in [0.2, 0.25) is 0 Å². The Morgan fingerprint density at radius 3 is 2.29 bits per heavy atom. The van der Waals surface area contributed by atoms with Crippen LogP contribution in [0, 0.1) is 0 Å². The summed E-state index contributed by atoms with van der Waals surface area (Å²) in [7, 11) is -1.11. The largest absolute Gasteiger partial charge is 0.415 e. The number of rotatable bonds is 6. The molecule has 8 heteroatoms. The Balaban J connectivity index is 1.29. The van der Waals surface area contributed by atoms with Crippen molar-refractivity contribution in [3.05, 3.63) is 78.5 Å². The van der Waals surface area contributed by atoms with Crippen LogP contribution in [-0.4, -0.2) is 61.7 Å². The van der Waals surface area contributed by atoms with E-state index >= 15 is 0 Å². The number of pyridine rings is 1. The molecule has 178 valence electrons. The summed E-state index contributed by atoms with van der Waals surface area (Å²) in [6, 6.07) is 20.3. The van der Waals surface area contributed by atoms with Gasteiger partial charge in [0.1, 0.15) is 5.75 Å². The topological polar surface area (TPSA) is 79.8 Å². The van der Waals surface area contributed by atoms with E-state index in [0.717, 1.165) is 36.2 Å². The summed E-state index contributed by atoms with van der Waals surface area (Å²) in [6.45, 7) is 2.10. The molecule has 1 fully saturated rings. The van der Waals surface area contributed by atoms with Crippen LogP contribution in [0.15, 0.2) is 77.8 Å². The van der Waals surface area contributed by atoms with Gasteiger partial charge in [0.15, 0.2) is 9.84 Å². The molecular weight excluding hydrogens is 450 g/mol. The fraction of sp³-hybridized carbons (Fsp3) is 0.308. The number of aromatic nitrogens is 1. The van der Waals surface area contributed by atoms with E-state index in [9.17, 15) is 13.2 Å². The summed E-state index contributed by atoms with van der Waals surface area (Å²) in [4.78, 5) is 21.3. The van der Waals surface area contributed by atoms with Gasteiger partial charge in [0.05, 0.1) is 10.6 Å². The first-order chi connectivity index (χ1) is 16.3. The number of hydrogen-bond acceptors (Lipinski definition) is 6. The van der Waals surface area contributed by atoms with Crippen molar-refractivity contribution in [3.63, 3.8) is 0 Å². The molecule has 0 spiro atoms. The second-order valence-electron chi connectivity index (χ2n) is 8.66. The maximum absolute atomic E-state index is 12.4. The second kappa shape index (κ2) is 10.4. The maximum Gasteiger partial charge on any atom is 0.415 e. The number of sulfone groups is 1. The van der Waals surface area contributed by atoms with Gasteiger partial charge in [0, 0.05) is 43.7 Å². The lowest BCUT2D eigenvalue weighted by Gasteiger charge is -2.36. The highest BCUT2D eigenvalue weighted by Crippen LogP contribution is 2.22. The van der Waals surface area contributed by atoms with Gasteiger partial charge in [0.25, 0.3) is 0 Å². The number of benzene rings is 2. The van der Waals surface area contributed by atoms with Gasteiger partial charge in [-0.3, -0.25) is 9.88 Å². The lowest BCUT2D eigenvalue weighted by Crippen LogP contribution is -2.46. The van der Waals surface area contributed by atoms with Crippen LogP contribution >= 0.6 is 0 Å². The smallest absolute Gasteiger partial charge is 0.410 e. The average molecular weight is 480 g/mol. The summed E-state index contributed by atoms with van der Waals surface area (Å²) < 4.78 is 28.7. The maximum atomic E-state index is 12.4. The van der Waals surface area contributed by atoms with Crippen molar-refractivity contribution >= 4 is 15.9 Å². The summed E-state index contributed by atoms with van der Waals surface area (Å²) in [6.07, 6.45) is 4.54. The van der Waals surface area contributed by atoms with Crippen LogP contribution in [-0.2, 0) is 16.4 Å². The molecule has 2 aromatic carbocycles. The minimum Gasteiger partial charge on any atom is -0.410 e. The second-order valence-corrected chi connectivity index (χ2v) is 10.7. The number of para-hydroxylation sites is 1. The third-order valence-electron chi connectivity index (χ3n) is 6.13. The molecule has 1 amide bonds. The van der Waals surface area contributed by atoms with E-state index in [0.29, 0.717) is 29.8 Å². The third kappa shape index (κ3) is 6.01. The molecule has 0 aliphatic carbocycles. The van der Waals surface area contributed by atoms with Crippen LogP contribution in [0.1, 0.15) is 18.4 Å². The Labute approximate surface area is 200 Å². The van der Waals surface area contributed by atoms with E-state index in [2.05, 4.69) is 23.0 Å². The highest BCUT2D eigenvalue weighted by Gasteiger charge is 2.26. The van der Waals surface area contributed by atoms with Gasteiger partial charge in [-0.2, -0.15) is 0 Å². The van der Waals surface area contributed by atoms with Crippen LogP contribution in [0.25, 0.3) is 11.3 Å². The van der Waals surface area contributed by atoms with E-state index in [4.69, 9.17) is 4.74 Å². The minimum absolute atomic E-state index is 0.295. The van der Waals surface area contributed by atoms with Gasteiger partial charge in [-0.05, 0) is 55.8 Å². The zero-order valence-electron chi connectivity index (χ0n) is 19.4. The number of carbonyl (C=O) groups excluding carboxylic acids is 1. The summed E-state index contributed by atoms with van der Waals surface area (Å²) >= 11 is 0. The first-order valence-electron chi connectivity index (χ1n) is 11.3. The minimum atomic E-state index is -3.21. The standard InChI is InChI=1S/C26H29N3O4S/c1-28(22-14-16-29(17-15-22)26(30)33-23-6-4-3-5-7-23)19-20-8-13-25(27-18-20)21-9-11-24(12-10-21)34(2,31)32/h3-13,18,22H,14-17,19H2,1-2H3. The molecule has 1 saturated heterocycles. The van der Waals surface area contributed by atoms with Crippen LogP contribution < -0.4 is 4.74 Å². The molecule has 34 heavy (non-hydrogen) atoms. The molecule has 1 aliphatic rings. The van der Waals surface area contributed by atoms with E-state index < -0.39 is 9.84 Å². The Kier molecular flexibility index (Phi) is 7.29. The highest BCUT2D eigenvalue weighted by molar-refractivity contribution is 7.90. The summed E-state index contributed by atoms with van der Waals surface area (Å²) in [5, 5.41) is 0. The molecule has 0 saturated carbocycles. The molecule has 0 unspecified atom stereocenters.